The highest BCUT2D eigenvalue weighted by Gasteiger charge is 2.30. The van der Waals surface area contributed by atoms with Crippen LogP contribution in [0.3, 0.4) is 0 Å². The van der Waals surface area contributed by atoms with E-state index >= 15 is 0 Å². The molecule has 0 fully saturated rings. The summed E-state index contributed by atoms with van der Waals surface area (Å²) < 4.78 is 0. The molecule has 1 atom stereocenters. The highest BCUT2D eigenvalue weighted by molar-refractivity contribution is 7.10. The van der Waals surface area contributed by atoms with Crippen molar-refractivity contribution < 1.29 is 9.90 Å². The normalized spacial score (nSPS) is 18.8. The fraction of sp³-hybridized carbons (Fsp3) is 0.312. The predicted molar refractivity (Wildman–Crippen MR) is 80.0 cm³/mol. The Morgan fingerprint density at radius 3 is 2.90 bits per heavy atom. The topological polar surface area (TPSA) is 40.5 Å². The Morgan fingerprint density at radius 1 is 1.40 bits per heavy atom. The molecule has 0 spiro atoms. The van der Waals surface area contributed by atoms with E-state index < -0.39 is 11.9 Å². The summed E-state index contributed by atoms with van der Waals surface area (Å²) >= 11 is 1.75. The summed E-state index contributed by atoms with van der Waals surface area (Å²) in [7, 11) is 0. The van der Waals surface area contributed by atoms with Crippen molar-refractivity contribution in [3.05, 3.63) is 57.3 Å². The number of thiophene rings is 1. The van der Waals surface area contributed by atoms with Crippen molar-refractivity contribution in [3.63, 3.8) is 0 Å². The predicted octanol–water partition coefficient (Wildman–Crippen LogP) is 3.24. The van der Waals surface area contributed by atoms with Crippen molar-refractivity contribution in [2.45, 2.75) is 25.9 Å². The van der Waals surface area contributed by atoms with E-state index in [2.05, 4.69) is 23.3 Å². The molecule has 0 bridgehead atoms. The Labute approximate surface area is 122 Å². The Morgan fingerprint density at radius 2 is 2.20 bits per heavy atom. The lowest BCUT2D eigenvalue weighted by molar-refractivity contribution is -0.139. The molecule has 4 heteroatoms. The number of nitrogens with zero attached hydrogens (tertiary/aromatic N) is 1. The second kappa shape index (κ2) is 5.38. The quantitative estimate of drug-likeness (QED) is 0.942. The molecule has 1 aliphatic rings. The molecule has 1 aliphatic heterocycles. The fourth-order valence-electron chi connectivity index (χ4n) is 2.78. The van der Waals surface area contributed by atoms with Crippen molar-refractivity contribution >= 4 is 17.3 Å². The molecule has 3 nitrogen and oxygen atoms in total. The van der Waals surface area contributed by atoms with Crippen LogP contribution in [0.1, 0.15) is 27.5 Å². The van der Waals surface area contributed by atoms with E-state index in [4.69, 9.17) is 0 Å². The Balaban J connectivity index is 1.86. The van der Waals surface area contributed by atoms with Gasteiger partial charge in [0.25, 0.3) is 0 Å². The third-order valence-electron chi connectivity index (χ3n) is 3.90. The Kier molecular flexibility index (Phi) is 3.59. The van der Waals surface area contributed by atoms with Gasteiger partial charge >= 0.3 is 5.97 Å². The molecule has 20 heavy (non-hydrogen) atoms. The van der Waals surface area contributed by atoms with E-state index in [1.54, 1.807) is 11.3 Å². The third-order valence-corrected chi connectivity index (χ3v) is 4.91. The van der Waals surface area contributed by atoms with Gasteiger partial charge in [-0.3, -0.25) is 9.69 Å². The minimum atomic E-state index is -0.731. The van der Waals surface area contributed by atoms with Gasteiger partial charge in [0.05, 0.1) is 5.92 Å². The molecule has 104 valence electrons. The number of rotatable bonds is 3. The van der Waals surface area contributed by atoms with Crippen LogP contribution in [-0.4, -0.2) is 22.5 Å². The number of fused-ring (bicyclic) bond motifs is 1. The van der Waals surface area contributed by atoms with E-state index in [1.807, 2.05) is 24.3 Å². The van der Waals surface area contributed by atoms with Gasteiger partial charge in [0.2, 0.25) is 0 Å². The van der Waals surface area contributed by atoms with Crippen LogP contribution in [0.4, 0.5) is 0 Å². The van der Waals surface area contributed by atoms with Crippen LogP contribution >= 0.6 is 11.3 Å². The average molecular weight is 287 g/mol. The molecule has 0 saturated heterocycles. The fourth-order valence-corrected chi connectivity index (χ4v) is 3.73. The van der Waals surface area contributed by atoms with Crippen molar-refractivity contribution in [1.82, 2.24) is 4.90 Å². The first kappa shape index (κ1) is 13.3. The van der Waals surface area contributed by atoms with Crippen LogP contribution in [0.25, 0.3) is 0 Å². The van der Waals surface area contributed by atoms with Crippen LogP contribution in [0.5, 0.6) is 0 Å². The first-order valence-corrected chi connectivity index (χ1v) is 7.59. The molecule has 0 radical (unpaired) electrons. The van der Waals surface area contributed by atoms with E-state index in [0.717, 1.165) is 24.2 Å². The lowest BCUT2D eigenvalue weighted by atomic mass is 9.90. The largest absolute Gasteiger partial charge is 0.481 e. The van der Waals surface area contributed by atoms with Crippen LogP contribution in [0, 0.1) is 6.92 Å². The monoisotopic (exact) mass is 287 g/mol. The molecule has 0 saturated carbocycles. The molecule has 2 heterocycles. The van der Waals surface area contributed by atoms with Crippen LogP contribution in [0.15, 0.2) is 35.7 Å². The van der Waals surface area contributed by atoms with Gasteiger partial charge in [0, 0.05) is 24.5 Å². The summed E-state index contributed by atoms with van der Waals surface area (Å²) in [5.41, 5.74) is 3.40. The number of benzene rings is 1. The number of aliphatic carboxylic acids is 1. The second-order valence-electron chi connectivity index (χ2n) is 5.29. The zero-order chi connectivity index (χ0) is 14.1. The van der Waals surface area contributed by atoms with Gasteiger partial charge in [-0.1, -0.05) is 24.3 Å². The first-order valence-electron chi connectivity index (χ1n) is 6.71. The van der Waals surface area contributed by atoms with E-state index in [9.17, 15) is 9.90 Å². The Bertz CT molecular complexity index is 635. The second-order valence-corrected chi connectivity index (χ2v) is 6.29. The van der Waals surface area contributed by atoms with Gasteiger partial charge in [-0.25, -0.2) is 0 Å². The van der Waals surface area contributed by atoms with Crippen LogP contribution < -0.4 is 0 Å². The van der Waals surface area contributed by atoms with Gasteiger partial charge in [0.1, 0.15) is 0 Å². The van der Waals surface area contributed by atoms with E-state index in [0.29, 0.717) is 6.54 Å². The summed E-state index contributed by atoms with van der Waals surface area (Å²) in [6.45, 7) is 4.36. The molecule has 1 unspecified atom stereocenters. The SMILES string of the molecule is Cc1ccsc1CN1Cc2ccccc2C(C(=O)O)C1. The number of hydrogen-bond donors (Lipinski definition) is 1. The number of carbonyl (C=O) groups is 1. The Hall–Kier alpha value is -1.65. The maximum Gasteiger partial charge on any atom is 0.312 e. The standard InChI is InChI=1S/C16H17NO2S/c1-11-6-7-20-15(11)10-17-8-12-4-2-3-5-13(12)14(9-17)16(18)19/h2-7,14H,8-10H2,1H3,(H,18,19). The van der Waals surface area contributed by atoms with Gasteiger partial charge in [0.15, 0.2) is 0 Å². The maximum atomic E-state index is 11.5. The summed E-state index contributed by atoms with van der Waals surface area (Å²) in [6, 6.07) is 10.0. The summed E-state index contributed by atoms with van der Waals surface area (Å²) in [5.74, 6) is -1.15. The molecule has 1 N–H and O–H groups in total. The highest BCUT2D eigenvalue weighted by atomic mass is 32.1. The lowest BCUT2D eigenvalue weighted by Gasteiger charge is -2.32. The minimum absolute atomic E-state index is 0.416. The molecule has 0 amide bonds. The maximum absolute atomic E-state index is 11.5. The van der Waals surface area contributed by atoms with Gasteiger partial charge in [-0.05, 0) is 35.1 Å². The lowest BCUT2D eigenvalue weighted by Crippen LogP contribution is -2.36. The molecule has 1 aromatic heterocycles. The van der Waals surface area contributed by atoms with Crippen molar-refractivity contribution in [2.24, 2.45) is 0 Å². The highest BCUT2D eigenvalue weighted by Crippen LogP contribution is 2.30. The molecule has 0 aliphatic carbocycles. The molecule has 2 aromatic rings. The molecular formula is C16H17NO2S. The van der Waals surface area contributed by atoms with Gasteiger partial charge in [-0.2, -0.15) is 0 Å². The van der Waals surface area contributed by atoms with Crippen LogP contribution in [-0.2, 0) is 17.9 Å². The molecular weight excluding hydrogens is 270 g/mol. The number of carboxylic acids is 1. The zero-order valence-corrected chi connectivity index (χ0v) is 12.2. The first-order chi connectivity index (χ1) is 9.65. The minimum Gasteiger partial charge on any atom is -0.481 e. The van der Waals surface area contributed by atoms with Crippen molar-refractivity contribution in [3.8, 4) is 0 Å². The molecule has 3 rings (SSSR count). The summed E-state index contributed by atoms with van der Waals surface area (Å²) in [5, 5.41) is 11.6. The van der Waals surface area contributed by atoms with Crippen LogP contribution in [0.2, 0.25) is 0 Å². The smallest absolute Gasteiger partial charge is 0.312 e. The number of hydrogen-bond acceptors (Lipinski definition) is 3. The van der Waals surface area contributed by atoms with E-state index in [-0.39, 0.29) is 0 Å². The van der Waals surface area contributed by atoms with E-state index in [1.165, 1.54) is 10.4 Å². The van der Waals surface area contributed by atoms with Crippen molar-refractivity contribution in [2.75, 3.05) is 6.54 Å². The zero-order valence-electron chi connectivity index (χ0n) is 11.4. The van der Waals surface area contributed by atoms with Gasteiger partial charge in [-0.15, -0.1) is 11.3 Å². The number of carboxylic acid groups (broad SMARTS) is 1. The third kappa shape index (κ3) is 2.49. The number of aryl methyl sites for hydroxylation is 1. The average Bonchev–Trinajstić information content (AvgIpc) is 2.83. The summed E-state index contributed by atoms with van der Waals surface area (Å²) in [4.78, 5) is 15.1. The summed E-state index contributed by atoms with van der Waals surface area (Å²) in [6.07, 6.45) is 0. The van der Waals surface area contributed by atoms with Crippen molar-refractivity contribution in [1.29, 1.82) is 0 Å². The molecule has 1 aromatic carbocycles. The van der Waals surface area contributed by atoms with Gasteiger partial charge < -0.3 is 5.11 Å².